The lowest BCUT2D eigenvalue weighted by Gasteiger charge is -2.21. The zero-order valence-electron chi connectivity index (χ0n) is 62.0. The zero-order valence-corrected chi connectivity index (χ0v) is 63.8. The molecule has 95 heavy (non-hydrogen) atoms. The van der Waals surface area contributed by atoms with Crippen molar-refractivity contribution in [1.82, 2.24) is 0 Å². The summed E-state index contributed by atoms with van der Waals surface area (Å²) in [4.78, 5) is 72.6. The number of carbonyl (C=O) groups excluding carboxylic acids is 4. The first-order chi connectivity index (χ1) is 45.9. The van der Waals surface area contributed by atoms with Crippen LogP contribution < -0.4 is 0 Å². The van der Waals surface area contributed by atoms with Crippen LogP contribution in [0.2, 0.25) is 0 Å². The Morgan fingerprint density at radius 2 is 0.484 bits per heavy atom. The maximum atomic E-state index is 13.1. The summed E-state index contributed by atoms with van der Waals surface area (Å²) in [6.07, 6.45) is 55.9. The van der Waals surface area contributed by atoms with Crippen LogP contribution in [0.4, 0.5) is 0 Å². The molecule has 17 nitrogen and oxygen atoms in total. The summed E-state index contributed by atoms with van der Waals surface area (Å²) in [7, 11) is -9.90. The van der Waals surface area contributed by atoms with Gasteiger partial charge in [-0.05, 0) is 37.5 Å². The summed E-state index contributed by atoms with van der Waals surface area (Å²) in [5, 5.41) is 10.6. The maximum absolute atomic E-state index is 13.1. The Kier molecular flexibility index (Phi) is 66.5. The third-order valence-corrected chi connectivity index (χ3v) is 19.6. The van der Waals surface area contributed by atoms with Crippen LogP contribution in [0.5, 0.6) is 0 Å². The topological polar surface area (TPSA) is 237 Å². The van der Waals surface area contributed by atoms with Crippen LogP contribution in [0, 0.1) is 11.8 Å². The van der Waals surface area contributed by atoms with E-state index in [4.69, 9.17) is 37.0 Å². The van der Waals surface area contributed by atoms with E-state index in [-0.39, 0.29) is 25.7 Å². The fourth-order valence-electron chi connectivity index (χ4n) is 11.7. The Labute approximate surface area is 581 Å². The molecule has 0 aliphatic carbocycles. The molecule has 0 radical (unpaired) electrons. The van der Waals surface area contributed by atoms with Gasteiger partial charge in [-0.25, -0.2) is 9.13 Å². The van der Waals surface area contributed by atoms with Crippen LogP contribution in [0.25, 0.3) is 0 Å². The molecule has 19 heteroatoms. The van der Waals surface area contributed by atoms with E-state index in [0.29, 0.717) is 31.6 Å². The van der Waals surface area contributed by atoms with Gasteiger partial charge in [0, 0.05) is 25.7 Å². The number of hydrogen-bond donors (Lipinski definition) is 3. The van der Waals surface area contributed by atoms with Crippen molar-refractivity contribution in [3.05, 3.63) is 0 Å². The summed E-state index contributed by atoms with van der Waals surface area (Å²) in [5.41, 5.74) is 0. The number of ether oxygens (including phenoxy) is 4. The lowest BCUT2D eigenvalue weighted by atomic mass is 10.0. The van der Waals surface area contributed by atoms with E-state index in [1.807, 2.05) is 0 Å². The Morgan fingerprint density at radius 3 is 0.716 bits per heavy atom. The first kappa shape index (κ1) is 93.1. The zero-order chi connectivity index (χ0) is 70.0. The number of unbranched alkanes of at least 4 members (excludes halogenated alkanes) is 45. The lowest BCUT2D eigenvalue weighted by Crippen LogP contribution is -2.30. The summed E-state index contributed by atoms with van der Waals surface area (Å²) < 4.78 is 68.4. The molecule has 5 atom stereocenters. The number of hydrogen-bond acceptors (Lipinski definition) is 15. The van der Waals surface area contributed by atoms with Crippen LogP contribution in [0.15, 0.2) is 0 Å². The second-order valence-electron chi connectivity index (χ2n) is 28.3. The largest absolute Gasteiger partial charge is 0.472 e. The minimum atomic E-state index is -4.96. The highest BCUT2D eigenvalue weighted by molar-refractivity contribution is 7.47. The van der Waals surface area contributed by atoms with E-state index in [1.165, 1.54) is 199 Å². The summed E-state index contributed by atoms with van der Waals surface area (Å²) in [5.74, 6) is -0.621. The molecule has 0 amide bonds. The van der Waals surface area contributed by atoms with Crippen LogP contribution >= 0.6 is 15.6 Å². The van der Waals surface area contributed by atoms with Crippen molar-refractivity contribution in [3.63, 3.8) is 0 Å². The fraction of sp³-hybridized carbons (Fsp3) is 0.947. The van der Waals surface area contributed by atoms with E-state index in [2.05, 4.69) is 41.5 Å². The summed E-state index contributed by atoms with van der Waals surface area (Å²) >= 11 is 0. The molecule has 0 saturated carbocycles. The number of carbonyl (C=O) groups is 4. The number of rotatable bonds is 75. The van der Waals surface area contributed by atoms with E-state index in [0.717, 1.165) is 109 Å². The standard InChI is InChI=1S/C76H148O17P2/c1-7-9-11-13-15-16-17-18-19-20-21-22-23-26-30-33-36-42-48-54-60-75(80)92-72(65-87-74(79)59-53-47-41-35-32-29-27-24-25-28-31-34-39-44-50-56-68(3)4)67-91-95(84,85)89-63-70(77)62-88-94(82,83)90-66-71(64-86-73(78)58-52-46-38-14-12-10-8-2)93-76(81)61-55-49-43-37-40-45-51-57-69(5)6/h68-72,77H,7-67H2,1-6H3,(H,82,83)(H,84,85)/t70-,71+,72+/m0/s1. The van der Waals surface area contributed by atoms with Crippen molar-refractivity contribution in [1.29, 1.82) is 0 Å². The van der Waals surface area contributed by atoms with Gasteiger partial charge in [0.1, 0.15) is 19.3 Å². The van der Waals surface area contributed by atoms with Gasteiger partial charge in [-0.1, -0.05) is 343 Å². The molecule has 2 unspecified atom stereocenters. The lowest BCUT2D eigenvalue weighted by molar-refractivity contribution is -0.161. The number of esters is 4. The Balaban J connectivity index is 5.16. The number of aliphatic hydroxyl groups excluding tert-OH is 1. The van der Waals surface area contributed by atoms with Gasteiger partial charge >= 0.3 is 39.5 Å². The highest BCUT2D eigenvalue weighted by Crippen LogP contribution is 2.45. The minimum Gasteiger partial charge on any atom is -0.462 e. The van der Waals surface area contributed by atoms with Crippen LogP contribution in [0.3, 0.4) is 0 Å². The molecule has 0 aromatic rings. The fourth-order valence-corrected chi connectivity index (χ4v) is 13.2. The van der Waals surface area contributed by atoms with Gasteiger partial charge in [0.2, 0.25) is 0 Å². The predicted molar refractivity (Wildman–Crippen MR) is 386 cm³/mol. The highest BCUT2D eigenvalue weighted by Gasteiger charge is 2.30. The van der Waals surface area contributed by atoms with Crippen molar-refractivity contribution >= 4 is 39.5 Å². The number of aliphatic hydroxyl groups is 1. The van der Waals surface area contributed by atoms with Crippen molar-refractivity contribution in [2.45, 2.75) is 413 Å². The number of phosphoric acid groups is 2. The van der Waals surface area contributed by atoms with Gasteiger partial charge in [-0.2, -0.15) is 0 Å². The molecule has 3 N–H and O–H groups in total. The molecule has 0 rings (SSSR count). The van der Waals surface area contributed by atoms with Crippen molar-refractivity contribution in [2.24, 2.45) is 11.8 Å². The minimum absolute atomic E-state index is 0.103. The van der Waals surface area contributed by atoms with Gasteiger partial charge in [0.15, 0.2) is 12.2 Å². The second-order valence-corrected chi connectivity index (χ2v) is 31.3. The van der Waals surface area contributed by atoms with Gasteiger partial charge in [0.05, 0.1) is 26.4 Å². The predicted octanol–water partition coefficient (Wildman–Crippen LogP) is 22.3. The Morgan fingerprint density at radius 1 is 0.284 bits per heavy atom. The van der Waals surface area contributed by atoms with Gasteiger partial charge in [-0.15, -0.1) is 0 Å². The molecule has 0 saturated heterocycles. The van der Waals surface area contributed by atoms with E-state index in [9.17, 15) is 43.2 Å². The molecule has 0 aromatic heterocycles. The van der Waals surface area contributed by atoms with Crippen molar-refractivity contribution in [3.8, 4) is 0 Å². The molecular weight excluding hydrogens is 1250 g/mol. The SMILES string of the molecule is CCCCCCCCCCCCCCCCCCCCCCC(=O)O[C@H](COC(=O)CCCCCCCCCCCCCCCCCC(C)C)COP(=O)(O)OC[C@@H](O)COP(=O)(O)OC[C@@H](COC(=O)CCCCCCCCC)OC(=O)CCCCCCCCCC(C)C. The van der Waals surface area contributed by atoms with Gasteiger partial charge in [0.25, 0.3) is 0 Å². The Hall–Kier alpha value is -1.94. The second kappa shape index (κ2) is 67.9. The molecule has 0 fully saturated rings. The molecule has 0 aromatic carbocycles. The maximum Gasteiger partial charge on any atom is 0.472 e. The summed E-state index contributed by atoms with van der Waals surface area (Å²) in [6.45, 7) is 9.51. The van der Waals surface area contributed by atoms with Crippen LogP contribution in [0.1, 0.15) is 395 Å². The molecule has 0 bridgehead atoms. The van der Waals surface area contributed by atoms with Crippen LogP contribution in [-0.2, 0) is 65.4 Å². The third-order valence-electron chi connectivity index (χ3n) is 17.7. The van der Waals surface area contributed by atoms with Crippen LogP contribution in [-0.4, -0.2) is 96.7 Å². The first-order valence-electron chi connectivity index (χ1n) is 39.5. The average molecular weight is 1400 g/mol. The van der Waals surface area contributed by atoms with E-state index >= 15 is 0 Å². The normalized spacial score (nSPS) is 14.0. The molecule has 0 spiro atoms. The van der Waals surface area contributed by atoms with Gasteiger partial charge < -0.3 is 33.8 Å². The number of phosphoric ester groups is 2. The first-order valence-corrected chi connectivity index (χ1v) is 42.5. The molecule has 0 aliphatic rings. The molecular formula is C76H148O17P2. The van der Waals surface area contributed by atoms with Crippen molar-refractivity contribution < 1.29 is 80.2 Å². The summed E-state index contributed by atoms with van der Waals surface area (Å²) in [6, 6.07) is 0. The smallest absolute Gasteiger partial charge is 0.462 e. The molecule has 0 heterocycles. The Bertz CT molecular complexity index is 1840. The quantitative estimate of drug-likeness (QED) is 0.0222. The van der Waals surface area contributed by atoms with Gasteiger partial charge in [-0.3, -0.25) is 37.3 Å². The third kappa shape index (κ3) is 70.3. The average Bonchev–Trinajstić information content (AvgIpc) is 1.67. The highest BCUT2D eigenvalue weighted by atomic mass is 31.2. The van der Waals surface area contributed by atoms with E-state index < -0.39 is 97.5 Å². The van der Waals surface area contributed by atoms with Crippen molar-refractivity contribution in [2.75, 3.05) is 39.6 Å². The van der Waals surface area contributed by atoms with E-state index in [1.54, 1.807) is 0 Å². The molecule has 564 valence electrons. The monoisotopic (exact) mass is 1400 g/mol. The molecule has 0 aliphatic heterocycles.